The highest BCUT2D eigenvalue weighted by atomic mass is 16.1. The van der Waals surface area contributed by atoms with Gasteiger partial charge in [-0.05, 0) is 61.3 Å². The summed E-state index contributed by atoms with van der Waals surface area (Å²) in [6, 6.07) is 3.49. The third-order valence-corrected chi connectivity index (χ3v) is 4.00. The first kappa shape index (κ1) is 15.3. The van der Waals surface area contributed by atoms with Gasteiger partial charge in [0, 0.05) is 11.8 Å². The molecule has 0 spiro atoms. The van der Waals surface area contributed by atoms with Crippen molar-refractivity contribution >= 4 is 6.29 Å². The summed E-state index contributed by atoms with van der Waals surface area (Å²) >= 11 is 0. The molecule has 2 rings (SSSR count). The molecule has 2 nitrogen and oxygen atoms in total. The molecule has 0 aliphatic heterocycles. The molecule has 1 aromatic heterocycles. The van der Waals surface area contributed by atoms with E-state index >= 15 is 0 Å². The second-order valence-corrected chi connectivity index (χ2v) is 6.13. The van der Waals surface area contributed by atoms with Gasteiger partial charge >= 0.3 is 0 Å². The Morgan fingerprint density at radius 2 is 2.14 bits per heavy atom. The van der Waals surface area contributed by atoms with Crippen LogP contribution in [0.1, 0.15) is 56.1 Å². The number of rotatable bonds is 2. The Labute approximate surface area is 127 Å². The van der Waals surface area contributed by atoms with E-state index in [0.717, 1.165) is 6.29 Å². The Balaban J connectivity index is 2.12. The first-order valence-electron chi connectivity index (χ1n) is 7.32. The van der Waals surface area contributed by atoms with Crippen LogP contribution in [0.15, 0.2) is 41.6 Å². The van der Waals surface area contributed by atoms with E-state index in [9.17, 15) is 4.79 Å². The maximum Gasteiger partial charge on any atom is 0.151 e. The van der Waals surface area contributed by atoms with Gasteiger partial charge < -0.3 is 0 Å². The van der Waals surface area contributed by atoms with E-state index < -0.39 is 0 Å². The first-order chi connectivity index (χ1) is 10.0. The molecule has 0 aromatic carbocycles. The molecule has 0 amide bonds. The van der Waals surface area contributed by atoms with Crippen LogP contribution < -0.4 is 0 Å². The van der Waals surface area contributed by atoms with E-state index in [0.29, 0.717) is 11.3 Å². The van der Waals surface area contributed by atoms with Gasteiger partial charge in [-0.3, -0.25) is 4.79 Å². The smallest absolute Gasteiger partial charge is 0.151 e. The highest BCUT2D eigenvalue weighted by Gasteiger charge is 2.26. The summed E-state index contributed by atoms with van der Waals surface area (Å²) in [7, 11) is 0. The van der Waals surface area contributed by atoms with Crippen molar-refractivity contribution in [2.45, 2.75) is 40.0 Å². The van der Waals surface area contributed by atoms with Gasteiger partial charge in [-0.25, -0.2) is 4.98 Å². The molecule has 0 atom stereocenters. The number of aldehydes is 1. The van der Waals surface area contributed by atoms with E-state index in [4.69, 9.17) is 0 Å². The molecule has 1 aliphatic rings. The average molecular weight is 279 g/mol. The van der Waals surface area contributed by atoms with E-state index in [1.807, 2.05) is 6.08 Å². The van der Waals surface area contributed by atoms with E-state index in [-0.39, 0.29) is 5.41 Å². The monoisotopic (exact) mass is 279 g/mol. The number of hydrogen-bond donors (Lipinski definition) is 0. The molecule has 1 heterocycles. The van der Waals surface area contributed by atoms with Gasteiger partial charge in [-0.2, -0.15) is 0 Å². The molecule has 21 heavy (non-hydrogen) atoms. The minimum absolute atomic E-state index is 0.240. The van der Waals surface area contributed by atoms with Crippen LogP contribution in [0.3, 0.4) is 0 Å². The van der Waals surface area contributed by atoms with Gasteiger partial charge in [0.2, 0.25) is 0 Å². The zero-order valence-corrected chi connectivity index (χ0v) is 12.9. The highest BCUT2D eigenvalue weighted by Crippen LogP contribution is 2.40. The van der Waals surface area contributed by atoms with Gasteiger partial charge in [0.25, 0.3) is 0 Å². The van der Waals surface area contributed by atoms with E-state index in [1.165, 1.54) is 36.6 Å². The lowest BCUT2D eigenvalue weighted by Crippen LogP contribution is -2.18. The van der Waals surface area contributed by atoms with Crippen molar-refractivity contribution in [3.63, 3.8) is 0 Å². The number of pyridine rings is 1. The van der Waals surface area contributed by atoms with Crippen LogP contribution in [0.5, 0.6) is 0 Å². The lowest BCUT2D eigenvalue weighted by atomic mass is 9.73. The fourth-order valence-electron chi connectivity index (χ4n) is 2.80. The van der Waals surface area contributed by atoms with Crippen LogP contribution in [0, 0.1) is 17.3 Å². The molecular formula is C19H21NO. The van der Waals surface area contributed by atoms with Crippen molar-refractivity contribution in [2.75, 3.05) is 0 Å². The Morgan fingerprint density at radius 1 is 1.33 bits per heavy atom. The Morgan fingerprint density at radius 3 is 2.76 bits per heavy atom. The van der Waals surface area contributed by atoms with Gasteiger partial charge in [-0.1, -0.05) is 31.4 Å². The molecule has 0 saturated heterocycles. The van der Waals surface area contributed by atoms with Gasteiger partial charge in [-0.15, -0.1) is 0 Å². The highest BCUT2D eigenvalue weighted by molar-refractivity contribution is 5.74. The van der Waals surface area contributed by atoms with E-state index in [2.05, 4.69) is 43.7 Å². The lowest BCUT2D eigenvalue weighted by molar-refractivity contribution is 0.112. The number of allylic oxidation sites excluding steroid dienone is 4. The molecule has 0 saturated carbocycles. The number of nitrogens with zero attached hydrogens (tertiary/aromatic N) is 1. The fourth-order valence-corrected chi connectivity index (χ4v) is 2.80. The molecule has 0 N–H and O–H groups in total. The van der Waals surface area contributed by atoms with Crippen LogP contribution in [0.4, 0.5) is 0 Å². The molecule has 0 radical (unpaired) electrons. The first-order valence-corrected chi connectivity index (χ1v) is 7.32. The van der Waals surface area contributed by atoms with Crippen molar-refractivity contribution in [2.24, 2.45) is 5.41 Å². The van der Waals surface area contributed by atoms with Crippen molar-refractivity contribution < 1.29 is 4.79 Å². The predicted octanol–water partition coefficient (Wildman–Crippen LogP) is 4.33. The fraction of sp³-hybridized carbons (Fsp3) is 0.368. The number of hydrogen-bond acceptors (Lipinski definition) is 2. The standard InChI is InChI=1S/C19H21NO/c1-15-7-6-12-19(2,3)18(15)9-5-4-8-17-11-10-16(14-21)13-20-17/h5,9-11,13-14H,6-7,12H2,1-3H3. The number of aromatic nitrogens is 1. The van der Waals surface area contributed by atoms with Crippen molar-refractivity contribution in [3.8, 4) is 11.8 Å². The molecule has 0 fully saturated rings. The van der Waals surface area contributed by atoms with Crippen LogP contribution in [0.25, 0.3) is 0 Å². The van der Waals surface area contributed by atoms with Gasteiger partial charge in [0.05, 0.1) is 0 Å². The molecule has 0 unspecified atom stereocenters. The van der Waals surface area contributed by atoms with Crippen LogP contribution in [0.2, 0.25) is 0 Å². The molecule has 1 aliphatic carbocycles. The molecule has 0 bridgehead atoms. The Kier molecular flexibility index (Phi) is 4.75. The van der Waals surface area contributed by atoms with Gasteiger partial charge in [0.1, 0.15) is 5.69 Å². The number of carbonyl (C=O) groups excluding carboxylic acids is 1. The minimum atomic E-state index is 0.240. The third-order valence-electron chi connectivity index (χ3n) is 4.00. The number of carbonyl (C=O) groups is 1. The summed E-state index contributed by atoms with van der Waals surface area (Å²) in [4.78, 5) is 14.7. The SMILES string of the molecule is CC1=C(C=CC#Cc2ccc(C=O)cn2)C(C)(C)CCC1. The molecule has 2 heteroatoms. The Hall–Kier alpha value is -2.14. The maximum absolute atomic E-state index is 10.6. The second kappa shape index (κ2) is 6.54. The summed E-state index contributed by atoms with van der Waals surface area (Å²) in [5.74, 6) is 6.02. The van der Waals surface area contributed by atoms with Gasteiger partial charge in [0.15, 0.2) is 6.29 Å². The van der Waals surface area contributed by atoms with Crippen LogP contribution >= 0.6 is 0 Å². The summed E-state index contributed by atoms with van der Waals surface area (Å²) in [6.07, 6.45) is 10.1. The molecule has 1 aromatic rings. The minimum Gasteiger partial charge on any atom is -0.298 e. The van der Waals surface area contributed by atoms with Crippen molar-refractivity contribution in [1.82, 2.24) is 4.98 Å². The summed E-state index contributed by atoms with van der Waals surface area (Å²) in [5, 5.41) is 0. The topological polar surface area (TPSA) is 30.0 Å². The maximum atomic E-state index is 10.6. The van der Waals surface area contributed by atoms with Crippen LogP contribution in [-0.4, -0.2) is 11.3 Å². The molecule has 108 valence electrons. The zero-order chi connectivity index (χ0) is 15.3. The quantitative estimate of drug-likeness (QED) is 0.596. The molecular weight excluding hydrogens is 258 g/mol. The van der Waals surface area contributed by atoms with Crippen molar-refractivity contribution in [3.05, 3.63) is 52.9 Å². The second-order valence-electron chi connectivity index (χ2n) is 6.13. The average Bonchev–Trinajstić information content (AvgIpc) is 2.46. The van der Waals surface area contributed by atoms with Crippen LogP contribution in [-0.2, 0) is 0 Å². The largest absolute Gasteiger partial charge is 0.298 e. The lowest BCUT2D eigenvalue weighted by Gasteiger charge is -2.32. The third kappa shape index (κ3) is 3.92. The van der Waals surface area contributed by atoms with Crippen molar-refractivity contribution in [1.29, 1.82) is 0 Å². The summed E-state index contributed by atoms with van der Waals surface area (Å²) < 4.78 is 0. The summed E-state index contributed by atoms with van der Waals surface area (Å²) in [6.45, 7) is 6.80. The zero-order valence-electron chi connectivity index (χ0n) is 12.9. The normalized spacial score (nSPS) is 17.5. The summed E-state index contributed by atoms with van der Waals surface area (Å²) in [5.41, 5.74) is 4.37. The van der Waals surface area contributed by atoms with E-state index in [1.54, 1.807) is 12.1 Å². The Bertz CT molecular complexity index is 636. The predicted molar refractivity (Wildman–Crippen MR) is 86.0 cm³/mol.